The van der Waals surface area contributed by atoms with E-state index in [1.807, 2.05) is 32.0 Å². The summed E-state index contributed by atoms with van der Waals surface area (Å²) in [6.45, 7) is 4.22. The molecule has 1 aliphatic rings. The fourth-order valence-electron chi connectivity index (χ4n) is 3.07. The Morgan fingerprint density at radius 2 is 2.15 bits per heavy atom. The fraction of sp³-hybridized carbons (Fsp3) is 0.353. The quantitative estimate of drug-likeness (QED) is 0.586. The van der Waals surface area contributed by atoms with Gasteiger partial charge >= 0.3 is 0 Å². The molecule has 2 aromatic heterocycles. The zero-order valence-corrected chi connectivity index (χ0v) is 16.4. The lowest BCUT2D eigenvalue weighted by molar-refractivity contribution is -0.122. The van der Waals surface area contributed by atoms with Crippen molar-refractivity contribution in [2.45, 2.75) is 26.2 Å². The van der Waals surface area contributed by atoms with Gasteiger partial charge in [-0.2, -0.15) is 10.1 Å². The van der Waals surface area contributed by atoms with E-state index in [0.29, 0.717) is 11.6 Å². The predicted molar refractivity (Wildman–Crippen MR) is 103 cm³/mol. The molecule has 9 nitrogen and oxygen atoms in total. The molecular weight excluding hydrogens is 414 g/mol. The summed E-state index contributed by atoms with van der Waals surface area (Å²) in [6, 6.07) is 5.67. The van der Waals surface area contributed by atoms with E-state index in [9.17, 15) is 9.59 Å². The number of aromatic amines is 2. The van der Waals surface area contributed by atoms with Crippen molar-refractivity contribution in [1.82, 2.24) is 25.4 Å². The molecule has 4 rings (SSSR count). The van der Waals surface area contributed by atoms with Crippen LogP contribution in [0.25, 0.3) is 10.9 Å². The number of carbonyl (C=O) groups excluding carboxylic acids is 2. The summed E-state index contributed by atoms with van der Waals surface area (Å²) in [7, 11) is 0. The highest BCUT2D eigenvalue weighted by Crippen LogP contribution is 2.31. The Hall–Kier alpha value is -2.75. The maximum Gasteiger partial charge on any atom is 0.248 e. The normalized spacial score (nSPS) is 17.3. The minimum Gasteiger partial charge on any atom is -0.294 e. The van der Waals surface area contributed by atoms with E-state index in [1.54, 1.807) is 4.90 Å². The van der Waals surface area contributed by atoms with Crippen LogP contribution in [0.5, 0.6) is 0 Å². The van der Waals surface area contributed by atoms with Crippen LogP contribution in [0.4, 0.5) is 11.8 Å². The number of H-pyrrole nitrogens is 2. The number of hydrogen-bond acceptors (Lipinski definition) is 5. The molecule has 140 valence electrons. The van der Waals surface area contributed by atoms with E-state index in [-0.39, 0.29) is 36.6 Å². The van der Waals surface area contributed by atoms with Crippen molar-refractivity contribution < 1.29 is 9.59 Å². The second-order valence-corrected chi connectivity index (χ2v) is 7.75. The van der Waals surface area contributed by atoms with Gasteiger partial charge < -0.3 is 0 Å². The number of amides is 2. The van der Waals surface area contributed by atoms with Gasteiger partial charge in [0.15, 0.2) is 5.82 Å². The van der Waals surface area contributed by atoms with Crippen molar-refractivity contribution in [3.8, 4) is 0 Å². The predicted octanol–water partition coefficient (Wildman–Crippen LogP) is 2.56. The Morgan fingerprint density at radius 1 is 1.33 bits per heavy atom. The lowest BCUT2D eigenvalue weighted by atomic mass is 10.1. The molecule has 0 unspecified atom stereocenters. The molecular formula is C17H18BrN7O2. The average molecular weight is 432 g/mol. The maximum atomic E-state index is 12.5. The van der Waals surface area contributed by atoms with Crippen molar-refractivity contribution >= 4 is 50.4 Å². The number of nitrogens with one attached hydrogen (secondary N) is 3. The number of anilines is 2. The summed E-state index contributed by atoms with van der Waals surface area (Å²) >= 11 is 3.41. The SMILES string of the molecule is CC(C)c1nc(NC(=O)[C@@H]2CC(=O)N(c3n[nH]c4cc(Br)ccc34)C2)n[nH]1. The van der Waals surface area contributed by atoms with Gasteiger partial charge in [-0.3, -0.25) is 30.0 Å². The number of benzene rings is 1. The Bertz CT molecular complexity index is 1030. The van der Waals surface area contributed by atoms with Crippen LogP contribution >= 0.6 is 15.9 Å². The van der Waals surface area contributed by atoms with Gasteiger partial charge in [-0.05, 0) is 18.2 Å². The summed E-state index contributed by atoms with van der Waals surface area (Å²) < 4.78 is 0.919. The summed E-state index contributed by atoms with van der Waals surface area (Å²) in [5.41, 5.74) is 0.821. The zero-order chi connectivity index (χ0) is 19.1. The van der Waals surface area contributed by atoms with Crippen LogP contribution in [0.3, 0.4) is 0 Å². The highest BCUT2D eigenvalue weighted by atomic mass is 79.9. The minimum absolute atomic E-state index is 0.123. The minimum atomic E-state index is -0.485. The average Bonchev–Trinajstić information content (AvgIpc) is 3.32. The van der Waals surface area contributed by atoms with Gasteiger partial charge in [0.1, 0.15) is 5.82 Å². The Kier molecular flexibility index (Phi) is 4.42. The van der Waals surface area contributed by atoms with Crippen molar-refractivity contribution in [1.29, 1.82) is 0 Å². The van der Waals surface area contributed by atoms with Crippen LogP contribution < -0.4 is 10.2 Å². The number of aromatic nitrogens is 5. The van der Waals surface area contributed by atoms with Crippen molar-refractivity contribution in [2.24, 2.45) is 5.92 Å². The molecule has 3 N–H and O–H groups in total. The largest absolute Gasteiger partial charge is 0.294 e. The molecule has 10 heteroatoms. The van der Waals surface area contributed by atoms with Crippen molar-refractivity contribution in [3.63, 3.8) is 0 Å². The first-order valence-corrected chi connectivity index (χ1v) is 9.39. The van der Waals surface area contributed by atoms with Crippen LogP contribution in [0.2, 0.25) is 0 Å². The first-order chi connectivity index (χ1) is 12.9. The molecule has 3 heterocycles. The highest BCUT2D eigenvalue weighted by Gasteiger charge is 2.37. The third-order valence-corrected chi connectivity index (χ3v) is 5.03. The summed E-state index contributed by atoms with van der Waals surface area (Å²) in [6.07, 6.45) is 0.123. The smallest absolute Gasteiger partial charge is 0.248 e. The molecule has 1 aromatic carbocycles. The van der Waals surface area contributed by atoms with E-state index < -0.39 is 5.92 Å². The molecule has 0 radical (unpaired) electrons. The van der Waals surface area contributed by atoms with Crippen LogP contribution in [0.15, 0.2) is 22.7 Å². The summed E-state index contributed by atoms with van der Waals surface area (Å²) in [4.78, 5) is 30.8. The number of rotatable bonds is 4. The van der Waals surface area contributed by atoms with Gasteiger partial charge in [0.2, 0.25) is 17.8 Å². The number of halogens is 1. The standard InChI is InChI=1S/C17H18BrN7O2/c1-8(2)14-19-17(24-22-14)20-16(27)9-5-13(26)25(7-9)15-11-4-3-10(18)6-12(11)21-23-15/h3-4,6,8-9H,5,7H2,1-2H3,(H,21,23)(H2,19,20,22,24,27)/t9-/m1/s1. The number of nitrogens with zero attached hydrogens (tertiary/aromatic N) is 4. The van der Waals surface area contributed by atoms with Gasteiger partial charge in [0.05, 0.1) is 11.4 Å². The van der Waals surface area contributed by atoms with E-state index in [1.165, 1.54) is 0 Å². The first-order valence-electron chi connectivity index (χ1n) is 8.59. The van der Waals surface area contributed by atoms with Gasteiger partial charge in [0, 0.05) is 28.7 Å². The third kappa shape index (κ3) is 3.32. The second kappa shape index (κ2) is 6.76. The molecule has 1 fully saturated rings. The fourth-order valence-corrected chi connectivity index (χ4v) is 3.43. The van der Waals surface area contributed by atoms with E-state index in [0.717, 1.165) is 15.4 Å². The van der Waals surface area contributed by atoms with Crippen molar-refractivity contribution in [2.75, 3.05) is 16.8 Å². The zero-order valence-electron chi connectivity index (χ0n) is 14.8. The number of hydrogen-bond donors (Lipinski definition) is 3. The summed E-state index contributed by atoms with van der Waals surface area (Å²) in [5, 5.41) is 17.5. The molecule has 0 bridgehead atoms. The maximum absolute atomic E-state index is 12.5. The Morgan fingerprint density at radius 3 is 2.89 bits per heavy atom. The van der Waals surface area contributed by atoms with E-state index in [2.05, 4.69) is 46.6 Å². The second-order valence-electron chi connectivity index (χ2n) is 6.83. The molecule has 1 saturated heterocycles. The lowest BCUT2D eigenvalue weighted by Gasteiger charge is -2.13. The Balaban J connectivity index is 1.50. The molecule has 0 spiro atoms. The Labute approximate surface area is 163 Å². The van der Waals surface area contributed by atoms with Gasteiger partial charge in [-0.15, -0.1) is 5.10 Å². The van der Waals surface area contributed by atoms with Crippen LogP contribution in [-0.4, -0.2) is 43.7 Å². The van der Waals surface area contributed by atoms with Gasteiger partial charge in [-0.25, -0.2) is 0 Å². The molecule has 1 aliphatic heterocycles. The molecule has 27 heavy (non-hydrogen) atoms. The topological polar surface area (TPSA) is 120 Å². The third-order valence-electron chi connectivity index (χ3n) is 4.54. The molecule has 0 saturated carbocycles. The molecule has 1 atom stereocenters. The van der Waals surface area contributed by atoms with Crippen molar-refractivity contribution in [3.05, 3.63) is 28.5 Å². The number of carbonyl (C=O) groups is 2. The first kappa shape index (κ1) is 17.7. The lowest BCUT2D eigenvalue weighted by Crippen LogP contribution is -2.28. The molecule has 0 aliphatic carbocycles. The van der Waals surface area contributed by atoms with Crippen LogP contribution in [0.1, 0.15) is 32.0 Å². The highest BCUT2D eigenvalue weighted by molar-refractivity contribution is 9.10. The van der Waals surface area contributed by atoms with E-state index in [4.69, 9.17) is 0 Å². The summed E-state index contributed by atoms with van der Waals surface area (Å²) in [5.74, 6) is 0.749. The van der Waals surface area contributed by atoms with Gasteiger partial charge in [-0.1, -0.05) is 29.8 Å². The number of fused-ring (bicyclic) bond motifs is 1. The van der Waals surface area contributed by atoms with E-state index >= 15 is 0 Å². The van der Waals surface area contributed by atoms with Crippen LogP contribution in [0, 0.1) is 5.92 Å². The monoisotopic (exact) mass is 431 g/mol. The molecule has 2 amide bonds. The van der Waals surface area contributed by atoms with Gasteiger partial charge in [0.25, 0.3) is 0 Å². The molecule has 3 aromatic rings. The van der Waals surface area contributed by atoms with Crippen LogP contribution in [-0.2, 0) is 9.59 Å².